The fourth-order valence-corrected chi connectivity index (χ4v) is 4.15. The second-order valence-corrected chi connectivity index (χ2v) is 7.00. The molecule has 0 radical (unpaired) electrons. The highest BCUT2D eigenvalue weighted by atomic mass is 16.2. The van der Waals surface area contributed by atoms with Crippen molar-refractivity contribution in [2.45, 2.75) is 63.6 Å². The van der Waals surface area contributed by atoms with Crippen LogP contribution in [0.5, 0.6) is 0 Å². The van der Waals surface area contributed by atoms with E-state index in [0.29, 0.717) is 6.54 Å². The van der Waals surface area contributed by atoms with Crippen molar-refractivity contribution in [3.63, 3.8) is 0 Å². The first-order valence-electron chi connectivity index (χ1n) is 8.67. The van der Waals surface area contributed by atoms with Crippen LogP contribution >= 0.6 is 0 Å². The molecule has 1 spiro atoms. The van der Waals surface area contributed by atoms with Gasteiger partial charge in [-0.15, -0.1) is 0 Å². The molecule has 2 heterocycles. The Balaban J connectivity index is 1.78. The van der Waals surface area contributed by atoms with E-state index in [1.807, 2.05) is 31.2 Å². The molecule has 1 aliphatic carbocycles. The van der Waals surface area contributed by atoms with Gasteiger partial charge in [-0.05, 0) is 31.9 Å². The Hall–Kier alpha value is -2.17. The predicted molar refractivity (Wildman–Crippen MR) is 92.0 cm³/mol. The van der Waals surface area contributed by atoms with Crippen molar-refractivity contribution in [2.24, 2.45) is 0 Å². The van der Waals surface area contributed by atoms with Crippen molar-refractivity contribution >= 4 is 11.8 Å². The van der Waals surface area contributed by atoms with Gasteiger partial charge in [-0.3, -0.25) is 14.6 Å². The van der Waals surface area contributed by atoms with E-state index in [4.69, 9.17) is 0 Å². The van der Waals surface area contributed by atoms with Crippen LogP contribution in [0.2, 0.25) is 0 Å². The SMILES string of the molecule is CC(=O)N1C2(C=CC1(C)C(=O)NCc1ccccn1)CCCCC2. The molecule has 2 amide bonds. The van der Waals surface area contributed by atoms with Crippen molar-refractivity contribution in [3.05, 3.63) is 42.2 Å². The lowest BCUT2D eigenvalue weighted by molar-refractivity contribution is -0.148. The first kappa shape index (κ1) is 16.7. The third-order valence-electron chi connectivity index (χ3n) is 5.28. The average Bonchev–Trinajstić information content (AvgIpc) is 2.88. The Labute approximate surface area is 143 Å². The molecule has 5 nitrogen and oxygen atoms in total. The molecule has 24 heavy (non-hydrogen) atoms. The van der Waals surface area contributed by atoms with E-state index in [2.05, 4.69) is 16.4 Å². The molecule has 5 heteroatoms. The number of nitrogens with zero attached hydrogens (tertiary/aromatic N) is 2. The molecule has 2 aliphatic rings. The smallest absolute Gasteiger partial charge is 0.250 e. The van der Waals surface area contributed by atoms with Crippen LogP contribution < -0.4 is 5.32 Å². The largest absolute Gasteiger partial charge is 0.348 e. The minimum atomic E-state index is -0.933. The van der Waals surface area contributed by atoms with Crippen molar-refractivity contribution in [1.29, 1.82) is 0 Å². The van der Waals surface area contributed by atoms with E-state index >= 15 is 0 Å². The summed E-state index contributed by atoms with van der Waals surface area (Å²) in [5.74, 6) is -0.195. The molecule has 1 fully saturated rings. The number of carbonyl (C=O) groups excluding carboxylic acids is 2. The summed E-state index contributed by atoms with van der Waals surface area (Å²) in [6.07, 6.45) is 11.0. The molecule has 1 aliphatic heterocycles. The molecule has 0 aromatic carbocycles. The first-order chi connectivity index (χ1) is 11.5. The van der Waals surface area contributed by atoms with Gasteiger partial charge in [0.1, 0.15) is 5.54 Å². The maximum Gasteiger partial charge on any atom is 0.250 e. The Morgan fingerprint density at radius 3 is 2.58 bits per heavy atom. The van der Waals surface area contributed by atoms with Crippen LogP contribution in [0.4, 0.5) is 0 Å². The summed E-state index contributed by atoms with van der Waals surface area (Å²) in [7, 11) is 0. The summed E-state index contributed by atoms with van der Waals surface area (Å²) in [5, 5.41) is 2.94. The van der Waals surface area contributed by atoms with Crippen molar-refractivity contribution in [2.75, 3.05) is 0 Å². The van der Waals surface area contributed by atoms with Crippen LogP contribution in [0, 0.1) is 0 Å². The number of carbonyl (C=O) groups is 2. The predicted octanol–water partition coefficient (Wildman–Crippen LogP) is 2.58. The third-order valence-corrected chi connectivity index (χ3v) is 5.28. The van der Waals surface area contributed by atoms with Gasteiger partial charge >= 0.3 is 0 Å². The number of aromatic nitrogens is 1. The van der Waals surface area contributed by atoms with E-state index in [1.165, 1.54) is 6.42 Å². The van der Waals surface area contributed by atoms with Gasteiger partial charge < -0.3 is 10.2 Å². The molecule has 1 aromatic rings. The van der Waals surface area contributed by atoms with Crippen LogP contribution in [0.15, 0.2) is 36.5 Å². The minimum Gasteiger partial charge on any atom is -0.348 e. The Morgan fingerprint density at radius 1 is 1.21 bits per heavy atom. The minimum absolute atomic E-state index is 0.0441. The quantitative estimate of drug-likeness (QED) is 0.868. The monoisotopic (exact) mass is 327 g/mol. The van der Waals surface area contributed by atoms with Crippen LogP contribution in [0.3, 0.4) is 0 Å². The normalized spacial score (nSPS) is 25.0. The van der Waals surface area contributed by atoms with E-state index in [9.17, 15) is 9.59 Å². The van der Waals surface area contributed by atoms with Gasteiger partial charge in [0.2, 0.25) is 11.8 Å². The van der Waals surface area contributed by atoms with Crippen molar-refractivity contribution in [1.82, 2.24) is 15.2 Å². The molecular formula is C19H25N3O2. The fraction of sp³-hybridized carbons (Fsp3) is 0.526. The Bertz CT molecular complexity index is 650. The van der Waals surface area contributed by atoms with Crippen LogP contribution in [0.25, 0.3) is 0 Å². The van der Waals surface area contributed by atoms with E-state index < -0.39 is 5.54 Å². The number of nitrogens with one attached hydrogen (secondary N) is 1. The maximum atomic E-state index is 12.9. The highest BCUT2D eigenvalue weighted by Gasteiger charge is 2.53. The lowest BCUT2D eigenvalue weighted by Gasteiger charge is -2.46. The zero-order chi connectivity index (χ0) is 17.2. The average molecular weight is 327 g/mol. The molecule has 128 valence electrons. The number of hydrogen-bond acceptors (Lipinski definition) is 3. The summed E-state index contributed by atoms with van der Waals surface area (Å²) < 4.78 is 0. The highest BCUT2D eigenvalue weighted by molar-refractivity contribution is 5.94. The summed E-state index contributed by atoms with van der Waals surface area (Å²) >= 11 is 0. The van der Waals surface area contributed by atoms with Gasteiger partial charge in [0.25, 0.3) is 0 Å². The third kappa shape index (κ3) is 2.83. The standard InChI is InChI=1S/C19H25N3O2/c1-15(23)22-18(2,11-12-19(22)9-5-3-6-10-19)17(24)21-14-16-8-4-7-13-20-16/h4,7-8,11-13H,3,5-6,9-10,14H2,1-2H3,(H,21,24). The van der Waals surface area contributed by atoms with E-state index in [0.717, 1.165) is 31.4 Å². The molecule has 0 bridgehead atoms. The van der Waals surface area contributed by atoms with Crippen LogP contribution in [0.1, 0.15) is 51.6 Å². The van der Waals surface area contributed by atoms with Gasteiger partial charge in [-0.25, -0.2) is 0 Å². The molecular weight excluding hydrogens is 302 g/mol. The molecule has 1 N–H and O–H groups in total. The van der Waals surface area contributed by atoms with Gasteiger partial charge in [0, 0.05) is 13.1 Å². The van der Waals surface area contributed by atoms with Gasteiger partial charge in [0.15, 0.2) is 0 Å². The Kier molecular flexibility index (Phi) is 4.43. The molecule has 3 rings (SSSR count). The van der Waals surface area contributed by atoms with Crippen LogP contribution in [-0.2, 0) is 16.1 Å². The van der Waals surface area contributed by atoms with Gasteiger partial charge in [0.05, 0.1) is 17.8 Å². The molecule has 1 unspecified atom stereocenters. The highest BCUT2D eigenvalue weighted by Crippen LogP contribution is 2.44. The number of rotatable bonds is 3. The first-order valence-corrected chi connectivity index (χ1v) is 8.67. The topological polar surface area (TPSA) is 62.3 Å². The summed E-state index contributed by atoms with van der Waals surface area (Å²) in [4.78, 5) is 31.3. The zero-order valence-corrected chi connectivity index (χ0v) is 14.4. The van der Waals surface area contributed by atoms with Gasteiger partial charge in [-0.2, -0.15) is 0 Å². The van der Waals surface area contributed by atoms with Crippen molar-refractivity contribution in [3.8, 4) is 0 Å². The van der Waals surface area contributed by atoms with Gasteiger partial charge in [-0.1, -0.05) is 37.5 Å². The second kappa shape index (κ2) is 6.38. The number of hydrogen-bond donors (Lipinski definition) is 1. The summed E-state index contributed by atoms with van der Waals surface area (Å²) in [5.41, 5.74) is -0.419. The summed E-state index contributed by atoms with van der Waals surface area (Å²) in [6, 6.07) is 5.61. The zero-order valence-electron chi connectivity index (χ0n) is 14.4. The summed E-state index contributed by atoms with van der Waals surface area (Å²) in [6.45, 7) is 3.76. The molecule has 1 aromatic heterocycles. The Morgan fingerprint density at radius 2 is 1.96 bits per heavy atom. The molecule has 1 atom stereocenters. The van der Waals surface area contributed by atoms with E-state index in [1.54, 1.807) is 18.0 Å². The maximum absolute atomic E-state index is 12.9. The second-order valence-electron chi connectivity index (χ2n) is 7.00. The fourth-order valence-electron chi connectivity index (χ4n) is 4.15. The van der Waals surface area contributed by atoms with Crippen LogP contribution in [-0.4, -0.2) is 32.8 Å². The lowest BCUT2D eigenvalue weighted by atomic mass is 9.81. The number of amides is 2. The molecule has 0 saturated heterocycles. The van der Waals surface area contributed by atoms with E-state index in [-0.39, 0.29) is 17.4 Å². The van der Waals surface area contributed by atoms with Crippen molar-refractivity contribution < 1.29 is 9.59 Å². The lowest BCUT2D eigenvalue weighted by Crippen LogP contribution is -2.62. The molecule has 1 saturated carbocycles. The number of pyridine rings is 1.